The zero-order valence-electron chi connectivity index (χ0n) is 18.8. The summed E-state index contributed by atoms with van der Waals surface area (Å²) < 4.78 is 25.9. The first kappa shape index (κ1) is 24.0. The largest absolute Gasteiger partial charge is 0.348 e. The van der Waals surface area contributed by atoms with Crippen LogP contribution in [0, 0.1) is 13.8 Å². The lowest BCUT2D eigenvalue weighted by atomic mass is 10.1. The van der Waals surface area contributed by atoms with E-state index in [4.69, 9.17) is 0 Å². The number of nitrogens with zero attached hydrogens (tertiary/aromatic N) is 1. The Morgan fingerprint density at radius 2 is 1.58 bits per heavy atom. The molecular formula is C25H27N3O4S. The van der Waals surface area contributed by atoms with Gasteiger partial charge in [0.05, 0.1) is 23.2 Å². The first-order valence-electron chi connectivity index (χ1n) is 10.4. The van der Waals surface area contributed by atoms with Crippen molar-refractivity contribution in [1.29, 1.82) is 0 Å². The monoisotopic (exact) mass is 465 g/mol. The maximum absolute atomic E-state index is 12.8. The van der Waals surface area contributed by atoms with E-state index in [1.54, 1.807) is 43.3 Å². The quantitative estimate of drug-likeness (QED) is 0.531. The van der Waals surface area contributed by atoms with Gasteiger partial charge in [-0.05, 0) is 43.2 Å². The Morgan fingerprint density at radius 3 is 2.24 bits per heavy atom. The lowest BCUT2D eigenvalue weighted by Gasteiger charge is -2.24. The Bertz CT molecular complexity index is 1260. The molecule has 3 aromatic rings. The average Bonchev–Trinajstić information content (AvgIpc) is 2.77. The third-order valence-corrected chi connectivity index (χ3v) is 6.18. The molecule has 2 amide bonds. The third kappa shape index (κ3) is 6.43. The maximum atomic E-state index is 12.8. The molecule has 0 saturated heterocycles. The number of hydrogen-bond acceptors (Lipinski definition) is 4. The number of benzene rings is 3. The van der Waals surface area contributed by atoms with Crippen molar-refractivity contribution in [3.05, 3.63) is 95.1 Å². The van der Waals surface area contributed by atoms with E-state index >= 15 is 0 Å². The maximum Gasteiger partial charge on any atom is 0.253 e. The Balaban J connectivity index is 1.76. The Hall–Kier alpha value is -3.65. The molecule has 0 aromatic heterocycles. The van der Waals surface area contributed by atoms with Gasteiger partial charge in [-0.1, -0.05) is 60.2 Å². The smallest absolute Gasteiger partial charge is 0.253 e. The van der Waals surface area contributed by atoms with E-state index in [0.29, 0.717) is 23.5 Å². The Kier molecular flexibility index (Phi) is 7.50. The van der Waals surface area contributed by atoms with Crippen LogP contribution in [0.15, 0.2) is 72.8 Å². The number of carbonyl (C=O) groups excluding carboxylic acids is 2. The number of amides is 2. The fourth-order valence-corrected chi connectivity index (χ4v) is 4.36. The summed E-state index contributed by atoms with van der Waals surface area (Å²) in [5.41, 5.74) is 3.72. The van der Waals surface area contributed by atoms with Crippen LogP contribution in [0.1, 0.15) is 27.0 Å². The molecule has 2 N–H and O–H groups in total. The molecule has 0 heterocycles. The van der Waals surface area contributed by atoms with E-state index in [1.165, 1.54) is 0 Å². The zero-order chi connectivity index (χ0) is 24.0. The fourth-order valence-electron chi connectivity index (χ4n) is 3.45. The van der Waals surface area contributed by atoms with Crippen LogP contribution in [0.4, 0.5) is 11.4 Å². The minimum atomic E-state index is -3.71. The highest BCUT2D eigenvalue weighted by Crippen LogP contribution is 2.24. The number of carbonyl (C=O) groups is 2. The van der Waals surface area contributed by atoms with Gasteiger partial charge in [0.2, 0.25) is 15.9 Å². The first-order chi connectivity index (χ1) is 15.6. The highest BCUT2D eigenvalue weighted by Gasteiger charge is 2.23. The second-order valence-corrected chi connectivity index (χ2v) is 9.73. The van der Waals surface area contributed by atoms with Crippen molar-refractivity contribution < 1.29 is 18.0 Å². The van der Waals surface area contributed by atoms with Crippen molar-refractivity contribution >= 4 is 33.2 Å². The van der Waals surface area contributed by atoms with Crippen molar-refractivity contribution in [2.75, 3.05) is 22.4 Å². The van der Waals surface area contributed by atoms with Gasteiger partial charge in [-0.3, -0.25) is 13.9 Å². The molecule has 0 bridgehead atoms. The van der Waals surface area contributed by atoms with E-state index < -0.39 is 22.5 Å². The number of sulfonamides is 1. The van der Waals surface area contributed by atoms with Crippen molar-refractivity contribution in [2.45, 2.75) is 20.4 Å². The first-order valence-corrected chi connectivity index (χ1v) is 12.3. The molecule has 33 heavy (non-hydrogen) atoms. The molecule has 8 heteroatoms. The van der Waals surface area contributed by atoms with Crippen molar-refractivity contribution in [3.8, 4) is 0 Å². The minimum absolute atomic E-state index is 0.291. The van der Waals surface area contributed by atoms with Crippen molar-refractivity contribution in [3.63, 3.8) is 0 Å². The summed E-state index contributed by atoms with van der Waals surface area (Å²) in [5, 5.41) is 5.52. The number of rotatable bonds is 8. The molecule has 0 aliphatic rings. The van der Waals surface area contributed by atoms with Gasteiger partial charge in [0, 0.05) is 6.54 Å². The molecular weight excluding hydrogens is 438 g/mol. The van der Waals surface area contributed by atoms with Gasteiger partial charge in [0.25, 0.3) is 5.91 Å². The van der Waals surface area contributed by atoms with Gasteiger partial charge >= 0.3 is 0 Å². The number of para-hydroxylation sites is 1. The molecule has 0 aliphatic heterocycles. The van der Waals surface area contributed by atoms with E-state index in [9.17, 15) is 18.0 Å². The molecule has 0 aliphatic carbocycles. The summed E-state index contributed by atoms with van der Waals surface area (Å²) in [4.78, 5) is 25.6. The summed E-state index contributed by atoms with van der Waals surface area (Å²) in [6.45, 7) is 3.64. The summed E-state index contributed by atoms with van der Waals surface area (Å²) in [7, 11) is -3.71. The molecule has 0 unspecified atom stereocenters. The van der Waals surface area contributed by atoms with Crippen LogP contribution in [0.25, 0.3) is 0 Å². The van der Waals surface area contributed by atoms with Crippen LogP contribution in [-0.2, 0) is 21.4 Å². The van der Waals surface area contributed by atoms with Crippen molar-refractivity contribution in [1.82, 2.24) is 5.32 Å². The van der Waals surface area contributed by atoms with E-state index in [2.05, 4.69) is 10.6 Å². The number of nitrogens with one attached hydrogen (secondary N) is 2. The lowest BCUT2D eigenvalue weighted by molar-refractivity contribution is -0.114. The van der Waals surface area contributed by atoms with Crippen LogP contribution < -0.4 is 14.9 Å². The zero-order valence-corrected chi connectivity index (χ0v) is 19.6. The highest BCUT2D eigenvalue weighted by molar-refractivity contribution is 7.92. The molecule has 0 saturated carbocycles. The van der Waals surface area contributed by atoms with Gasteiger partial charge in [-0.2, -0.15) is 0 Å². The minimum Gasteiger partial charge on any atom is -0.348 e. The van der Waals surface area contributed by atoms with Crippen LogP contribution in [0.3, 0.4) is 0 Å². The third-order valence-electron chi connectivity index (χ3n) is 5.05. The topological polar surface area (TPSA) is 95.6 Å². The summed E-state index contributed by atoms with van der Waals surface area (Å²) in [6, 6.07) is 21.4. The van der Waals surface area contributed by atoms with Crippen LogP contribution in [0.5, 0.6) is 0 Å². The molecule has 0 atom stereocenters. The highest BCUT2D eigenvalue weighted by atomic mass is 32.2. The molecule has 3 rings (SSSR count). The van der Waals surface area contributed by atoms with Crippen molar-refractivity contribution in [2.24, 2.45) is 0 Å². The Morgan fingerprint density at radius 1 is 0.909 bits per heavy atom. The summed E-state index contributed by atoms with van der Waals surface area (Å²) >= 11 is 0. The molecule has 0 radical (unpaired) electrons. The molecule has 3 aromatic carbocycles. The lowest BCUT2D eigenvalue weighted by Crippen LogP contribution is -2.38. The normalized spacial score (nSPS) is 11.0. The number of aryl methyl sites for hydroxylation is 2. The number of anilines is 2. The van der Waals surface area contributed by atoms with Crippen LogP contribution >= 0.6 is 0 Å². The molecule has 0 fully saturated rings. The second kappa shape index (κ2) is 10.3. The molecule has 7 nitrogen and oxygen atoms in total. The predicted molar refractivity (Wildman–Crippen MR) is 131 cm³/mol. The number of hydrogen-bond donors (Lipinski definition) is 2. The SMILES string of the molecule is Cc1ccc(N(CC(=O)Nc2ccccc2C(=O)NCc2ccccc2)S(C)(=O)=O)c(C)c1. The fraction of sp³-hybridized carbons (Fsp3) is 0.200. The standard InChI is InChI=1S/C25H27N3O4S/c1-18-13-14-23(19(2)15-18)28(33(3,31)32)17-24(29)27-22-12-8-7-11-21(22)25(30)26-16-20-9-5-4-6-10-20/h4-15H,16-17H2,1-3H3,(H,26,30)(H,27,29). The second-order valence-electron chi connectivity index (χ2n) is 7.82. The van der Waals surface area contributed by atoms with E-state index in [-0.39, 0.29) is 5.91 Å². The Labute approximate surface area is 194 Å². The summed E-state index contributed by atoms with van der Waals surface area (Å²) in [6.07, 6.45) is 1.06. The predicted octanol–water partition coefficient (Wildman–Crippen LogP) is 3.64. The van der Waals surface area contributed by atoms with Gasteiger partial charge in [0.15, 0.2) is 0 Å². The van der Waals surface area contributed by atoms with Gasteiger partial charge in [-0.15, -0.1) is 0 Å². The summed E-state index contributed by atoms with van der Waals surface area (Å²) in [5.74, 6) is -0.896. The van der Waals surface area contributed by atoms with Gasteiger partial charge < -0.3 is 10.6 Å². The van der Waals surface area contributed by atoms with Crippen LogP contribution in [0.2, 0.25) is 0 Å². The van der Waals surface area contributed by atoms with Crippen LogP contribution in [-0.4, -0.2) is 33.0 Å². The van der Waals surface area contributed by atoms with Gasteiger partial charge in [-0.25, -0.2) is 8.42 Å². The van der Waals surface area contributed by atoms with Gasteiger partial charge in [0.1, 0.15) is 6.54 Å². The molecule has 0 spiro atoms. The van der Waals surface area contributed by atoms with E-state index in [1.807, 2.05) is 43.3 Å². The van der Waals surface area contributed by atoms with E-state index in [0.717, 1.165) is 27.3 Å². The average molecular weight is 466 g/mol. The molecule has 172 valence electrons.